The van der Waals surface area contributed by atoms with E-state index in [1.165, 1.54) is 10.4 Å². The predicted molar refractivity (Wildman–Crippen MR) is 79.2 cm³/mol. The lowest BCUT2D eigenvalue weighted by atomic mass is 10.2. The molecule has 2 rings (SSSR count). The minimum atomic E-state index is -3.58. The van der Waals surface area contributed by atoms with Gasteiger partial charge in [0, 0.05) is 18.8 Å². The number of hydrogen-bond acceptors (Lipinski definition) is 4. The van der Waals surface area contributed by atoms with Crippen LogP contribution in [0.15, 0.2) is 34.7 Å². The maximum Gasteiger partial charge on any atom is 0.247 e. The molecule has 0 unspecified atom stereocenters. The first-order chi connectivity index (χ1) is 9.45. The summed E-state index contributed by atoms with van der Waals surface area (Å²) in [6.07, 6.45) is 2.80. The fraction of sp³-hybridized carbons (Fsp3) is 0.429. The number of rotatable bonds is 4. The smallest absolute Gasteiger partial charge is 0.247 e. The van der Waals surface area contributed by atoms with E-state index in [0.29, 0.717) is 31.1 Å². The minimum Gasteiger partial charge on any atom is -0.492 e. The number of hydrogen-bond donors (Lipinski definition) is 1. The second-order valence-corrected chi connectivity index (χ2v) is 6.72. The van der Waals surface area contributed by atoms with Gasteiger partial charge < -0.3 is 10.5 Å². The average Bonchev–Trinajstić information content (AvgIpc) is 2.41. The lowest BCUT2D eigenvalue weighted by Gasteiger charge is -2.26. The monoisotopic (exact) mass is 296 g/mol. The Morgan fingerprint density at radius 2 is 2.15 bits per heavy atom. The number of nitrogens with zero attached hydrogens (tertiary/aromatic N) is 1. The van der Waals surface area contributed by atoms with E-state index < -0.39 is 10.0 Å². The Labute approximate surface area is 120 Å². The van der Waals surface area contributed by atoms with Gasteiger partial charge in [0.15, 0.2) is 0 Å². The van der Waals surface area contributed by atoms with Gasteiger partial charge in [-0.3, -0.25) is 0 Å². The third-order valence-electron chi connectivity index (χ3n) is 3.18. The van der Waals surface area contributed by atoms with E-state index in [2.05, 4.69) is 6.08 Å². The molecule has 0 saturated carbocycles. The van der Waals surface area contributed by atoms with Crippen molar-refractivity contribution in [2.45, 2.75) is 25.2 Å². The van der Waals surface area contributed by atoms with Crippen molar-refractivity contribution in [2.75, 3.05) is 25.4 Å². The number of ether oxygens (including phenoxy) is 1. The molecule has 2 N–H and O–H groups in total. The van der Waals surface area contributed by atoms with Gasteiger partial charge in [-0.1, -0.05) is 11.6 Å². The molecule has 0 radical (unpaired) electrons. The molecule has 5 nitrogen and oxygen atoms in total. The van der Waals surface area contributed by atoms with Crippen molar-refractivity contribution in [3.63, 3.8) is 0 Å². The molecule has 0 atom stereocenters. The number of sulfonamides is 1. The van der Waals surface area contributed by atoms with Gasteiger partial charge in [-0.15, -0.1) is 0 Å². The van der Waals surface area contributed by atoms with Crippen LogP contribution in [0.5, 0.6) is 5.75 Å². The van der Waals surface area contributed by atoms with E-state index >= 15 is 0 Å². The third-order valence-corrected chi connectivity index (χ3v) is 5.05. The van der Waals surface area contributed by atoms with Crippen LogP contribution in [-0.2, 0) is 10.0 Å². The summed E-state index contributed by atoms with van der Waals surface area (Å²) in [6.45, 7) is 5.07. The van der Waals surface area contributed by atoms with Gasteiger partial charge in [0.1, 0.15) is 10.6 Å². The minimum absolute atomic E-state index is 0.147. The van der Waals surface area contributed by atoms with Crippen LogP contribution in [-0.4, -0.2) is 32.4 Å². The molecular weight excluding hydrogens is 276 g/mol. The highest BCUT2D eigenvalue weighted by atomic mass is 32.2. The molecule has 1 aromatic rings. The molecule has 1 heterocycles. The Hall–Kier alpha value is -1.53. The van der Waals surface area contributed by atoms with E-state index in [1.54, 1.807) is 12.1 Å². The molecule has 20 heavy (non-hydrogen) atoms. The van der Waals surface area contributed by atoms with E-state index in [-0.39, 0.29) is 4.90 Å². The zero-order chi connectivity index (χ0) is 14.8. The molecule has 1 aromatic carbocycles. The predicted octanol–water partition coefficient (Wildman–Crippen LogP) is 2.01. The first-order valence-electron chi connectivity index (χ1n) is 6.63. The van der Waals surface area contributed by atoms with Crippen LogP contribution >= 0.6 is 0 Å². The Morgan fingerprint density at radius 1 is 1.40 bits per heavy atom. The molecule has 1 aliphatic rings. The fourth-order valence-electron chi connectivity index (χ4n) is 2.22. The summed E-state index contributed by atoms with van der Waals surface area (Å²) in [5.74, 6) is 0.355. The zero-order valence-corrected chi connectivity index (χ0v) is 12.6. The summed E-state index contributed by atoms with van der Waals surface area (Å²) in [5.41, 5.74) is 7.20. The van der Waals surface area contributed by atoms with Crippen molar-refractivity contribution in [1.29, 1.82) is 0 Å². The van der Waals surface area contributed by atoms with Crippen molar-refractivity contribution in [3.05, 3.63) is 29.8 Å². The van der Waals surface area contributed by atoms with Gasteiger partial charge in [0.05, 0.1) is 6.61 Å². The third kappa shape index (κ3) is 2.96. The van der Waals surface area contributed by atoms with Crippen LogP contribution in [0.1, 0.15) is 20.3 Å². The average molecular weight is 296 g/mol. The molecule has 1 aliphatic heterocycles. The Bertz CT molecular complexity index is 623. The molecule has 0 spiro atoms. The molecule has 0 saturated heterocycles. The normalized spacial score (nSPS) is 16.8. The Morgan fingerprint density at radius 3 is 2.80 bits per heavy atom. The summed E-state index contributed by atoms with van der Waals surface area (Å²) in [7, 11) is -3.58. The molecule has 110 valence electrons. The molecule has 0 fully saturated rings. The van der Waals surface area contributed by atoms with Crippen molar-refractivity contribution < 1.29 is 13.2 Å². The molecule has 0 aromatic heterocycles. The van der Waals surface area contributed by atoms with Crippen LogP contribution < -0.4 is 10.5 Å². The summed E-state index contributed by atoms with van der Waals surface area (Å²) < 4.78 is 32.4. The van der Waals surface area contributed by atoms with E-state index in [1.807, 2.05) is 13.8 Å². The lowest BCUT2D eigenvalue weighted by Crippen LogP contribution is -2.35. The Balaban J connectivity index is 2.43. The van der Waals surface area contributed by atoms with Crippen molar-refractivity contribution in [2.24, 2.45) is 0 Å². The Kier molecular flexibility index (Phi) is 4.35. The molecule has 0 aliphatic carbocycles. The SMILES string of the molecule is CCOc1ccc(N)cc1S(=O)(=O)N1CCC=C(C)C1. The van der Waals surface area contributed by atoms with Crippen LogP contribution in [0.25, 0.3) is 0 Å². The largest absolute Gasteiger partial charge is 0.492 e. The summed E-state index contributed by atoms with van der Waals surface area (Å²) in [5, 5.41) is 0. The summed E-state index contributed by atoms with van der Waals surface area (Å²) in [4.78, 5) is 0.147. The number of benzene rings is 1. The van der Waals surface area contributed by atoms with E-state index in [4.69, 9.17) is 10.5 Å². The van der Waals surface area contributed by atoms with Crippen molar-refractivity contribution in [3.8, 4) is 5.75 Å². The lowest BCUT2D eigenvalue weighted by molar-refractivity contribution is 0.329. The number of anilines is 1. The van der Waals surface area contributed by atoms with Gasteiger partial charge >= 0.3 is 0 Å². The highest BCUT2D eigenvalue weighted by Crippen LogP contribution is 2.30. The van der Waals surface area contributed by atoms with Gasteiger partial charge in [-0.2, -0.15) is 4.31 Å². The van der Waals surface area contributed by atoms with Crippen molar-refractivity contribution >= 4 is 15.7 Å². The number of nitrogens with two attached hydrogens (primary N) is 1. The highest BCUT2D eigenvalue weighted by molar-refractivity contribution is 7.89. The second kappa shape index (κ2) is 5.85. The van der Waals surface area contributed by atoms with Gasteiger partial charge in [0.2, 0.25) is 10.0 Å². The molecular formula is C14H20N2O3S. The fourth-order valence-corrected chi connectivity index (χ4v) is 3.89. The van der Waals surface area contributed by atoms with Crippen LogP contribution in [0.2, 0.25) is 0 Å². The van der Waals surface area contributed by atoms with Crippen LogP contribution in [0, 0.1) is 0 Å². The molecule has 0 bridgehead atoms. The van der Waals surface area contributed by atoms with E-state index in [9.17, 15) is 8.42 Å². The first-order valence-corrected chi connectivity index (χ1v) is 8.07. The van der Waals surface area contributed by atoms with E-state index in [0.717, 1.165) is 12.0 Å². The molecule has 0 amide bonds. The number of nitrogen functional groups attached to an aromatic ring is 1. The van der Waals surface area contributed by atoms with Crippen LogP contribution in [0.3, 0.4) is 0 Å². The highest BCUT2D eigenvalue weighted by Gasteiger charge is 2.29. The second-order valence-electron chi connectivity index (χ2n) is 4.82. The summed E-state index contributed by atoms with van der Waals surface area (Å²) in [6, 6.07) is 4.72. The van der Waals surface area contributed by atoms with Gasteiger partial charge in [-0.25, -0.2) is 8.42 Å². The molecule has 6 heteroatoms. The maximum atomic E-state index is 12.7. The zero-order valence-electron chi connectivity index (χ0n) is 11.8. The van der Waals surface area contributed by atoms with Gasteiger partial charge in [-0.05, 0) is 38.5 Å². The standard InChI is InChI=1S/C14H20N2O3S/c1-3-19-13-7-6-12(15)9-14(13)20(17,18)16-8-4-5-11(2)10-16/h5-7,9H,3-4,8,10,15H2,1-2H3. The topological polar surface area (TPSA) is 72.6 Å². The quantitative estimate of drug-likeness (QED) is 0.681. The van der Waals surface area contributed by atoms with Gasteiger partial charge in [0.25, 0.3) is 0 Å². The maximum absolute atomic E-state index is 12.7. The summed E-state index contributed by atoms with van der Waals surface area (Å²) >= 11 is 0. The van der Waals surface area contributed by atoms with Crippen molar-refractivity contribution in [1.82, 2.24) is 4.31 Å². The van der Waals surface area contributed by atoms with Crippen LogP contribution in [0.4, 0.5) is 5.69 Å². The first kappa shape index (κ1) is 14.9.